The maximum Gasteiger partial charge on any atom is 0.283 e. The van der Waals surface area contributed by atoms with Crippen molar-refractivity contribution >= 4 is 21.6 Å². The SMILES string of the molecule is CCN1CCCC1CNCc1cccc([N+](=O)[O-])c1Br. The molecule has 1 aliphatic rings. The minimum Gasteiger partial charge on any atom is -0.311 e. The highest BCUT2D eigenvalue weighted by Crippen LogP contribution is 2.28. The van der Waals surface area contributed by atoms with E-state index in [0.717, 1.165) is 18.7 Å². The zero-order valence-electron chi connectivity index (χ0n) is 11.6. The summed E-state index contributed by atoms with van der Waals surface area (Å²) in [6, 6.07) is 5.76. The van der Waals surface area contributed by atoms with Crippen LogP contribution in [-0.4, -0.2) is 35.5 Å². The lowest BCUT2D eigenvalue weighted by atomic mass is 10.2. The Morgan fingerprint density at radius 3 is 3.05 bits per heavy atom. The van der Waals surface area contributed by atoms with Crippen molar-refractivity contribution in [3.05, 3.63) is 38.3 Å². The molecule has 0 amide bonds. The Kier molecular flexibility index (Phi) is 5.51. The van der Waals surface area contributed by atoms with E-state index in [0.29, 0.717) is 17.1 Å². The van der Waals surface area contributed by atoms with Gasteiger partial charge in [-0.25, -0.2) is 0 Å². The number of nitro benzene ring substituents is 1. The summed E-state index contributed by atoms with van der Waals surface area (Å²) >= 11 is 3.33. The van der Waals surface area contributed by atoms with Crippen molar-refractivity contribution in [3.63, 3.8) is 0 Å². The molecule has 0 spiro atoms. The number of nitrogens with one attached hydrogen (secondary N) is 1. The van der Waals surface area contributed by atoms with Gasteiger partial charge in [-0.05, 0) is 47.4 Å². The van der Waals surface area contributed by atoms with Crippen molar-refractivity contribution in [2.45, 2.75) is 32.4 Å². The third kappa shape index (κ3) is 3.56. The van der Waals surface area contributed by atoms with Gasteiger partial charge in [0.1, 0.15) is 0 Å². The molecule has 1 unspecified atom stereocenters. The molecule has 110 valence electrons. The first-order valence-corrected chi connectivity index (χ1v) is 7.79. The third-order valence-electron chi connectivity index (χ3n) is 3.86. The quantitative estimate of drug-likeness (QED) is 0.638. The Morgan fingerprint density at radius 2 is 2.35 bits per heavy atom. The van der Waals surface area contributed by atoms with Crippen LogP contribution in [0.2, 0.25) is 0 Å². The first-order valence-electron chi connectivity index (χ1n) is 7.00. The number of likely N-dealkylation sites (N-methyl/N-ethyl adjacent to an activating group) is 1. The van der Waals surface area contributed by atoms with Gasteiger partial charge in [-0.3, -0.25) is 15.0 Å². The van der Waals surface area contributed by atoms with Gasteiger partial charge >= 0.3 is 0 Å². The van der Waals surface area contributed by atoms with E-state index in [9.17, 15) is 10.1 Å². The van der Waals surface area contributed by atoms with Crippen molar-refractivity contribution in [1.29, 1.82) is 0 Å². The van der Waals surface area contributed by atoms with E-state index < -0.39 is 0 Å². The van der Waals surface area contributed by atoms with Crippen LogP contribution in [0.4, 0.5) is 5.69 Å². The van der Waals surface area contributed by atoms with Crippen LogP contribution in [0, 0.1) is 10.1 Å². The average molecular weight is 342 g/mol. The number of likely N-dealkylation sites (tertiary alicyclic amines) is 1. The van der Waals surface area contributed by atoms with Gasteiger partial charge < -0.3 is 5.32 Å². The van der Waals surface area contributed by atoms with Crippen LogP contribution in [0.5, 0.6) is 0 Å². The summed E-state index contributed by atoms with van der Waals surface area (Å²) in [5.41, 5.74) is 1.06. The molecule has 1 aromatic rings. The van der Waals surface area contributed by atoms with E-state index >= 15 is 0 Å². The Bertz CT molecular complexity index is 481. The molecule has 0 aliphatic carbocycles. The molecule has 1 atom stereocenters. The third-order valence-corrected chi connectivity index (χ3v) is 4.77. The van der Waals surface area contributed by atoms with Crippen LogP contribution in [0.15, 0.2) is 22.7 Å². The molecule has 0 saturated carbocycles. The van der Waals surface area contributed by atoms with Crippen LogP contribution < -0.4 is 5.32 Å². The van der Waals surface area contributed by atoms with E-state index in [4.69, 9.17) is 0 Å². The molecular weight excluding hydrogens is 322 g/mol. The van der Waals surface area contributed by atoms with Crippen LogP contribution in [0.3, 0.4) is 0 Å². The Morgan fingerprint density at radius 1 is 1.55 bits per heavy atom. The standard InChI is InChI=1S/C14H20BrN3O2/c1-2-17-8-4-6-12(17)10-16-9-11-5-3-7-13(14(11)15)18(19)20/h3,5,7,12,16H,2,4,6,8-10H2,1H3. The number of nitrogens with zero attached hydrogens (tertiary/aromatic N) is 2. The summed E-state index contributed by atoms with van der Waals surface area (Å²) in [6.07, 6.45) is 2.50. The summed E-state index contributed by atoms with van der Waals surface area (Å²) in [6.45, 7) is 6.05. The maximum absolute atomic E-state index is 10.9. The number of rotatable bonds is 6. The van der Waals surface area contributed by atoms with Crippen LogP contribution >= 0.6 is 15.9 Å². The van der Waals surface area contributed by atoms with Gasteiger partial charge in [0.25, 0.3) is 5.69 Å². The lowest BCUT2D eigenvalue weighted by molar-refractivity contribution is -0.385. The van der Waals surface area contributed by atoms with Crippen LogP contribution in [0.1, 0.15) is 25.3 Å². The van der Waals surface area contributed by atoms with Crippen molar-refractivity contribution in [2.75, 3.05) is 19.6 Å². The predicted molar refractivity (Wildman–Crippen MR) is 82.8 cm³/mol. The van der Waals surface area contributed by atoms with E-state index in [-0.39, 0.29) is 10.6 Å². The van der Waals surface area contributed by atoms with E-state index in [1.54, 1.807) is 6.07 Å². The zero-order valence-corrected chi connectivity index (χ0v) is 13.2. The first kappa shape index (κ1) is 15.4. The highest BCUT2D eigenvalue weighted by atomic mass is 79.9. The molecular formula is C14H20BrN3O2. The number of nitro groups is 1. The number of benzene rings is 1. The molecule has 1 aromatic carbocycles. The number of hydrogen-bond acceptors (Lipinski definition) is 4. The van der Waals surface area contributed by atoms with Gasteiger partial charge in [0, 0.05) is 25.2 Å². The Labute approximate surface area is 127 Å². The smallest absolute Gasteiger partial charge is 0.283 e. The van der Waals surface area contributed by atoms with Gasteiger partial charge in [0.15, 0.2) is 0 Å². The molecule has 1 fully saturated rings. The fraction of sp³-hybridized carbons (Fsp3) is 0.571. The number of hydrogen-bond donors (Lipinski definition) is 1. The first-order chi connectivity index (χ1) is 9.63. The number of halogens is 1. The summed E-state index contributed by atoms with van der Waals surface area (Å²) in [4.78, 5) is 13.0. The fourth-order valence-electron chi connectivity index (χ4n) is 2.76. The molecule has 1 aliphatic heterocycles. The maximum atomic E-state index is 10.9. The second kappa shape index (κ2) is 7.15. The fourth-order valence-corrected chi connectivity index (χ4v) is 3.31. The van der Waals surface area contributed by atoms with Gasteiger partial charge in [-0.1, -0.05) is 19.1 Å². The molecule has 0 aromatic heterocycles. The summed E-state index contributed by atoms with van der Waals surface area (Å²) in [5.74, 6) is 0. The van der Waals surface area contributed by atoms with Crippen molar-refractivity contribution in [1.82, 2.24) is 10.2 Å². The molecule has 5 nitrogen and oxygen atoms in total. The van der Waals surface area contributed by atoms with E-state index in [1.165, 1.54) is 25.5 Å². The average Bonchev–Trinajstić information content (AvgIpc) is 2.88. The molecule has 0 radical (unpaired) electrons. The monoisotopic (exact) mass is 341 g/mol. The minimum atomic E-state index is -0.358. The van der Waals surface area contributed by atoms with Crippen molar-refractivity contribution in [3.8, 4) is 0 Å². The van der Waals surface area contributed by atoms with Crippen LogP contribution in [-0.2, 0) is 6.54 Å². The topological polar surface area (TPSA) is 58.4 Å². The predicted octanol–water partition coefficient (Wildman–Crippen LogP) is 2.93. The molecule has 1 saturated heterocycles. The van der Waals surface area contributed by atoms with E-state index in [1.807, 2.05) is 6.07 Å². The largest absolute Gasteiger partial charge is 0.311 e. The van der Waals surface area contributed by atoms with Crippen LogP contribution in [0.25, 0.3) is 0 Å². The molecule has 0 bridgehead atoms. The Balaban J connectivity index is 1.91. The summed E-state index contributed by atoms with van der Waals surface area (Å²) in [7, 11) is 0. The van der Waals surface area contributed by atoms with Gasteiger partial charge in [0.05, 0.1) is 9.40 Å². The Hall–Kier alpha value is -0.980. The highest BCUT2D eigenvalue weighted by Gasteiger charge is 2.22. The second-order valence-electron chi connectivity index (χ2n) is 5.06. The molecule has 2 rings (SSSR count). The lowest BCUT2D eigenvalue weighted by Crippen LogP contribution is -2.37. The second-order valence-corrected chi connectivity index (χ2v) is 5.86. The van der Waals surface area contributed by atoms with Gasteiger partial charge in [-0.2, -0.15) is 0 Å². The summed E-state index contributed by atoms with van der Waals surface area (Å²) in [5, 5.41) is 14.3. The van der Waals surface area contributed by atoms with Crippen molar-refractivity contribution < 1.29 is 4.92 Å². The zero-order chi connectivity index (χ0) is 14.5. The minimum absolute atomic E-state index is 0.125. The van der Waals surface area contributed by atoms with Gasteiger partial charge in [0.2, 0.25) is 0 Å². The molecule has 1 heterocycles. The van der Waals surface area contributed by atoms with Gasteiger partial charge in [-0.15, -0.1) is 0 Å². The van der Waals surface area contributed by atoms with E-state index in [2.05, 4.69) is 33.1 Å². The molecule has 20 heavy (non-hydrogen) atoms. The molecule has 6 heteroatoms. The summed E-state index contributed by atoms with van der Waals surface area (Å²) < 4.78 is 0.580. The lowest BCUT2D eigenvalue weighted by Gasteiger charge is -2.23. The highest BCUT2D eigenvalue weighted by molar-refractivity contribution is 9.10. The normalized spacial score (nSPS) is 19.4. The molecule has 1 N–H and O–H groups in total. The van der Waals surface area contributed by atoms with Crippen molar-refractivity contribution in [2.24, 2.45) is 0 Å².